The Hall–Kier alpha value is -0.570. The molecule has 0 radical (unpaired) electrons. The van der Waals surface area contributed by atoms with Crippen LogP contribution < -0.4 is 0 Å². The van der Waals surface area contributed by atoms with Gasteiger partial charge in [0, 0.05) is 30.1 Å². The number of hydrogen-bond acceptors (Lipinski definition) is 2. The Morgan fingerprint density at radius 2 is 2.05 bits per heavy atom. The van der Waals surface area contributed by atoms with Gasteiger partial charge in [0.05, 0.1) is 0 Å². The lowest BCUT2D eigenvalue weighted by Gasteiger charge is -2.40. The van der Waals surface area contributed by atoms with E-state index in [1.165, 1.54) is 18.4 Å². The summed E-state index contributed by atoms with van der Waals surface area (Å²) in [4.78, 5) is 2.32. The van der Waals surface area contributed by atoms with Crippen molar-refractivity contribution in [2.75, 3.05) is 20.2 Å². The molecule has 0 heterocycles. The zero-order valence-electron chi connectivity index (χ0n) is 12.6. The Morgan fingerprint density at radius 1 is 1.35 bits per heavy atom. The lowest BCUT2D eigenvalue weighted by atomic mass is 9.71. The molecule has 2 nitrogen and oxygen atoms in total. The summed E-state index contributed by atoms with van der Waals surface area (Å²) in [5.41, 5.74) is 1.33. The van der Waals surface area contributed by atoms with Crippen LogP contribution in [0.15, 0.2) is 24.3 Å². The van der Waals surface area contributed by atoms with E-state index in [9.17, 15) is 5.11 Å². The van der Waals surface area contributed by atoms with Gasteiger partial charge in [-0.05, 0) is 43.5 Å². The van der Waals surface area contributed by atoms with Gasteiger partial charge >= 0.3 is 0 Å². The van der Waals surface area contributed by atoms with Crippen molar-refractivity contribution in [1.29, 1.82) is 0 Å². The van der Waals surface area contributed by atoms with E-state index < -0.39 is 0 Å². The van der Waals surface area contributed by atoms with E-state index in [1.54, 1.807) is 0 Å². The summed E-state index contributed by atoms with van der Waals surface area (Å²) >= 11 is 6.03. The average Bonchev–Trinajstić information content (AvgIpc) is 2.41. The lowest BCUT2D eigenvalue weighted by Crippen LogP contribution is -2.40. The monoisotopic (exact) mass is 295 g/mol. The first kappa shape index (κ1) is 15.8. The Balaban J connectivity index is 1.94. The molecule has 0 aliphatic heterocycles. The number of hydrogen-bond donors (Lipinski definition) is 1. The number of nitrogens with zero attached hydrogens (tertiary/aromatic N) is 1. The fourth-order valence-electron chi connectivity index (χ4n) is 3.32. The van der Waals surface area contributed by atoms with Gasteiger partial charge in [0.1, 0.15) is 0 Å². The first-order valence-corrected chi connectivity index (χ1v) is 7.95. The van der Waals surface area contributed by atoms with Gasteiger partial charge in [-0.25, -0.2) is 0 Å². The third kappa shape index (κ3) is 4.21. The highest BCUT2D eigenvalue weighted by Gasteiger charge is 2.34. The van der Waals surface area contributed by atoms with E-state index in [2.05, 4.69) is 24.9 Å². The van der Waals surface area contributed by atoms with Crippen LogP contribution in [0.2, 0.25) is 5.02 Å². The topological polar surface area (TPSA) is 23.5 Å². The molecule has 0 spiro atoms. The molecule has 1 aliphatic rings. The van der Waals surface area contributed by atoms with Crippen molar-refractivity contribution >= 4 is 11.6 Å². The molecule has 1 aromatic carbocycles. The van der Waals surface area contributed by atoms with Gasteiger partial charge in [-0.15, -0.1) is 0 Å². The highest BCUT2D eigenvalue weighted by atomic mass is 35.5. The van der Waals surface area contributed by atoms with Crippen molar-refractivity contribution in [3.05, 3.63) is 34.9 Å². The predicted octanol–water partition coefficient (Wildman–Crippen LogP) is 3.96. The number of aliphatic hydroxyl groups is 1. The van der Waals surface area contributed by atoms with E-state index in [4.69, 9.17) is 11.6 Å². The first-order valence-electron chi connectivity index (χ1n) is 7.57. The summed E-state index contributed by atoms with van der Waals surface area (Å²) in [7, 11) is 2.14. The highest BCUT2D eigenvalue weighted by Crippen LogP contribution is 2.39. The second kappa shape index (κ2) is 6.93. The van der Waals surface area contributed by atoms with Crippen molar-refractivity contribution in [3.8, 4) is 0 Å². The normalized spacial score (nSPS) is 26.9. The molecule has 0 saturated heterocycles. The number of halogens is 1. The first-order chi connectivity index (χ1) is 9.53. The molecule has 1 saturated carbocycles. The van der Waals surface area contributed by atoms with E-state index >= 15 is 0 Å². The molecule has 0 amide bonds. The zero-order valence-corrected chi connectivity index (χ0v) is 13.4. The Bertz CT molecular complexity index is 427. The maximum absolute atomic E-state index is 9.84. The van der Waals surface area contributed by atoms with Crippen LogP contribution in [-0.2, 0) is 6.54 Å². The molecule has 1 aromatic rings. The second-order valence-corrected chi connectivity index (χ2v) is 7.08. The van der Waals surface area contributed by atoms with Gasteiger partial charge in [0.2, 0.25) is 0 Å². The van der Waals surface area contributed by atoms with Gasteiger partial charge in [-0.3, -0.25) is 0 Å². The van der Waals surface area contributed by atoms with Gasteiger partial charge in [0.15, 0.2) is 0 Å². The Labute approximate surface area is 127 Å². The molecular formula is C17H26ClNO. The van der Waals surface area contributed by atoms with Crippen molar-refractivity contribution in [3.63, 3.8) is 0 Å². The largest absolute Gasteiger partial charge is 0.396 e. The van der Waals surface area contributed by atoms with E-state index in [0.717, 1.165) is 36.9 Å². The predicted molar refractivity (Wildman–Crippen MR) is 84.9 cm³/mol. The molecule has 20 heavy (non-hydrogen) atoms. The lowest BCUT2D eigenvalue weighted by molar-refractivity contribution is 0.0346. The molecule has 2 rings (SSSR count). The van der Waals surface area contributed by atoms with Gasteiger partial charge in [-0.2, -0.15) is 0 Å². The molecule has 112 valence electrons. The van der Waals surface area contributed by atoms with Crippen LogP contribution in [0.5, 0.6) is 0 Å². The summed E-state index contributed by atoms with van der Waals surface area (Å²) in [6.45, 7) is 4.47. The Morgan fingerprint density at radius 3 is 2.65 bits per heavy atom. The van der Waals surface area contributed by atoms with E-state index in [0.29, 0.717) is 6.61 Å². The molecule has 0 unspecified atom stereocenters. The van der Waals surface area contributed by atoms with Crippen molar-refractivity contribution < 1.29 is 5.11 Å². The molecule has 1 aliphatic carbocycles. The van der Waals surface area contributed by atoms with Crippen LogP contribution in [0.25, 0.3) is 0 Å². The molecule has 3 heteroatoms. The van der Waals surface area contributed by atoms with Crippen molar-refractivity contribution in [2.24, 2.45) is 11.3 Å². The number of aliphatic hydroxyl groups excluding tert-OH is 1. The quantitative estimate of drug-likeness (QED) is 0.889. The molecule has 0 aromatic heterocycles. The average molecular weight is 296 g/mol. The molecule has 1 fully saturated rings. The minimum atomic E-state index is 0.0971. The van der Waals surface area contributed by atoms with Crippen LogP contribution in [0.3, 0.4) is 0 Å². The smallest absolute Gasteiger partial charge is 0.0499 e. The molecule has 1 N–H and O–H groups in total. The maximum atomic E-state index is 9.84. The third-order valence-electron chi connectivity index (χ3n) is 4.62. The molecule has 0 bridgehead atoms. The minimum absolute atomic E-state index is 0.0971. The number of rotatable bonds is 5. The minimum Gasteiger partial charge on any atom is -0.396 e. The van der Waals surface area contributed by atoms with Crippen LogP contribution in [0.1, 0.15) is 38.2 Å². The standard InChI is InChI=1S/C17H26ClNO/c1-14-6-8-17(13-20,9-7-14)12-19(2)11-15-4-3-5-16(18)10-15/h3-5,10,14,20H,6-9,11-13H2,1-2H3. The summed E-state index contributed by atoms with van der Waals surface area (Å²) in [5, 5.41) is 10.6. The van der Waals surface area contributed by atoms with Gasteiger partial charge in [-0.1, -0.05) is 43.5 Å². The molecule has 0 atom stereocenters. The summed E-state index contributed by atoms with van der Waals surface area (Å²) < 4.78 is 0. The Kier molecular flexibility index (Phi) is 5.48. The third-order valence-corrected chi connectivity index (χ3v) is 4.85. The van der Waals surface area contributed by atoms with Crippen LogP contribution >= 0.6 is 11.6 Å². The van der Waals surface area contributed by atoms with Crippen molar-refractivity contribution in [2.45, 2.75) is 39.2 Å². The van der Waals surface area contributed by atoms with Gasteiger partial charge in [0.25, 0.3) is 0 Å². The summed E-state index contributed by atoms with van der Waals surface area (Å²) in [6.07, 6.45) is 4.77. The van der Waals surface area contributed by atoms with Crippen LogP contribution in [0, 0.1) is 11.3 Å². The molecular weight excluding hydrogens is 270 g/mol. The SMILES string of the molecule is CC1CCC(CO)(CN(C)Cc2cccc(Cl)c2)CC1. The fraction of sp³-hybridized carbons (Fsp3) is 0.647. The van der Waals surface area contributed by atoms with Crippen LogP contribution in [0.4, 0.5) is 0 Å². The second-order valence-electron chi connectivity index (χ2n) is 6.64. The maximum Gasteiger partial charge on any atom is 0.0499 e. The van der Waals surface area contributed by atoms with E-state index in [1.807, 2.05) is 18.2 Å². The summed E-state index contributed by atoms with van der Waals surface area (Å²) in [5.74, 6) is 0.813. The number of benzene rings is 1. The highest BCUT2D eigenvalue weighted by molar-refractivity contribution is 6.30. The van der Waals surface area contributed by atoms with Gasteiger partial charge < -0.3 is 10.0 Å². The van der Waals surface area contributed by atoms with Crippen molar-refractivity contribution in [1.82, 2.24) is 4.90 Å². The van der Waals surface area contributed by atoms with Crippen LogP contribution in [-0.4, -0.2) is 30.2 Å². The summed E-state index contributed by atoms with van der Waals surface area (Å²) in [6, 6.07) is 8.03. The van der Waals surface area contributed by atoms with E-state index in [-0.39, 0.29) is 5.41 Å². The fourth-order valence-corrected chi connectivity index (χ4v) is 3.53. The zero-order chi connectivity index (χ0) is 14.6.